The first kappa shape index (κ1) is 23.7. The average Bonchev–Trinajstić information content (AvgIpc) is 2.76. The summed E-state index contributed by atoms with van der Waals surface area (Å²) in [7, 11) is -7.50. The van der Waals surface area contributed by atoms with Gasteiger partial charge in [0.1, 0.15) is 0 Å². The van der Waals surface area contributed by atoms with Crippen molar-refractivity contribution in [1.82, 2.24) is 8.61 Å². The molecule has 0 amide bonds. The van der Waals surface area contributed by atoms with E-state index >= 15 is 0 Å². The normalized spacial score (nSPS) is 28.8. The molecule has 4 atom stereocenters. The van der Waals surface area contributed by atoms with Crippen molar-refractivity contribution < 1.29 is 16.8 Å². The Morgan fingerprint density at radius 1 is 0.656 bits per heavy atom. The van der Waals surface area contributed by atoms with E-state index in [1.54, 1.807) is 45.0 Å². The fourth-order valence-electron chi connectivity index (χ4n) is 5.23. The van der Waals surface area contributed by atoms with Gasteiger partial charge in [0.05, 0.1) is 9.79 Å². The maximum atomic E-state index is 13.7. The number of rotatable bonds is 4. The van der Waals surface area contributed by atoms with E-state index in [0.717, 1.165) is 25.7 Å². The summed E-state index contributed by atoms with van der Waals surface area (Å²) in [4.78, 5) is 0.376. The van der Waals surface area contributed by atoms with Crippen LogP contribution in [-0.4, -0.2) is 50.6 Å². The van der Waals surface area contributed by atoms with Crippen LogP contribution in [0.15, 0.2) is 46.2 Å². The van der Waals surface area contributed by atoms with Gasteiger partial charge in [0.25, 0.3) is 0 Å². The number of hydrogen-bond acceptors (Lipinski definition) is 4. The second-order valence-corrected chi connectivity index (χ2v) is 13.3. The van der Waals surface area contributed by atoms with Crippen LogP contribution in [0.25, 0.3) is 10.8 Å². The van der Waals surface area contributed by atoms with Gasteiger partial charge in [-0.2, -0.15) is 8.61 Å². The molecule has 0 aliphatic carbocycles. The lowest BCUT2D eigenvalue weighted by Crippen LogP contribution is -2.46. The van der Waals surface area contributed by atoms with Crippen LogP contribution in [0.4, 0.5) is 0 Å². The third-order valence-electron chi connectivity index (χ3n) is 7.65. The Morgan fingerprint density at radius 2 is 1.03 bits per heavy atom. The summed E-state index contributed by atoms with van der Waals surface area (Å²) in [5, 5.41) is 0.938. The summed E-state index contributed by atoms with van der Waals surface area (Å²) in [5.74, 6) is 0.569. The van der Waals surface area contributed by atoms with Crippen molar-refractivity contribution >= 4 is 30.8 Å². The van der Waals surface area contributed by atoms with Crippen LogP contribution in [0.2, 0.25) is 0 Å². The van der Waals surface area contributed by atoms with Gasteiger partial charge >= 0.3 is 0 Å². The molecule has 0 radical (unpaired) electrons. The molecule has 8 heteroatoms. The minimum Gasteiger partial charge on any atom is -0.207 e. The van der Waals surface area contributed by atoms with Gasteiger partial charge in [-0.05, 0) is 63.5 Å². The number of sulfonamides is 2. The molecule has 2 aliphatic rings. The quantitative estimate of drug-likeness (QED) is 0.650. The van der Waals surface area contributed by atoms with Crippen molar-refractivity contribution in [2.45, 2.75) is 75.3 Å². The van der Waals surface area contributed by atoms with Crippen molar-refractivity contribution in [2.24, 2.45) is 11.8 Å². The molecule has 4 rings (SSSR count). The van der Waals surface area contributed by atoms with Gasteiger partial charge < -0.3 is 0 Å². The molecule has 2 aromatic carbocycles. The van der Waals surface area contributed by atoms with E-state index in [4.69, 9.17) is 0 Å². The highest BCUT2D eigenvalue weighted by atomic mass is 32.2. The van der Waals surface area contributed by atoms with Crippen LogP contribution < -0.4 is 0 Å². The highest BCUT2D eigenvalue weighted by Crippen LogP contribution is 2.36. The number of fused-ring (bicyclic) bond motifs is 1. The molecule has 0 aromatic heterocycles. The van der Waals surface area contributed by atoms with E-state index < -0.39 is 20.0 Å². The number of hydrogen-bond donors (Lipinski definition) is 0. The zero-order chi connectivity index (χ0) is 23.3. The highest BCUT2D eigenvalue weighted by Gasteiger charge is 2.37. The molecule has 2 saturated heterocycles. The maximum absolute atomic E-state index is 13.7. The Kier molecular flexibility index (Phi) is 6.44. The first-order chi connectivity index (χ1) is 15.1. The van der Waals surface area contributed by atoms with Crippen LogP contribution in [-0.2, 0) is 20.0 Å². The molecule has 2 fully saturated rings. The SMILES string of the molecule is C[C@@H]1[C@@H](C)CCCN1S(=O)(=O)c1cccc2c(S(=O)(=O)N3CCC[C@H](C)[C@@H]3C)cccc12. The third kappa shape index (κ3) is 3.89. The standard InChI is InChI=1S/C24H34N2O4S2/c1-17-9-7-15-25(19(17)3)31(27,28)23-13-5-12-22-21(23)11-6-14-24(22)32(29,30)26-16-8-10-18(2)20(26)4/h5-6,11-14,17-20H,7-10,15-16H2,1-4H3/t17-,18-,19-,20+/m0/s1. The molecule has 0 saturated carbocycles. The Morgan fingerprint density at radius 3 is 1.41 bits per heavy atom. The molecule has 2 aliphatic heterocycles. The van der Waals surface area contributed by atoms with Gasteiger partial charge in [-0.25, -0.2) is 16.8 Å². The predicted octanol–water partition coefficient (Wildman–Crippen LogP) is 4.46. The molecule has 0 N–H and O–H groups in total. The van der Waals surface area contributed by atoms with Crippen molar-refractivity contribution in [3.63, 3.8) is 0 Å². The Labute approximate surface area is 192 Å². The molecular formula is C24H34N2O4S2. The number of benzene rings is 2. The smallest absolute Gasteiger partial charge is 0.207 e. The summed E-state index contributed by atoms with van der Waals surface area (Å²) < 4.78 is 57.9. The largest absolute Gasteiger partial charge is 0.243 e. The van der Waals surface area contributed by atoms with E-state index in [2.05, 4.69) is 13.8 Å². The van der Waals surface area contributed by atoms with Crippen molar-refractivity contribution in [3.05, 3.63) is 36.4 Å². The lowest BCUT2D eigenvalue weighted by atomic mass is 9.94. The maximum Gasteiger partial charge on any atom is 0.243 e. The lowest BCUT2D eigenvalue weighted by molar-refractivity contribution is 0.202. The first-order valence-corrected chi connectivity index (χ1v) is 14.5. The van der Waals surface area contributed by atoms with Gasteiger partial charge in [-0.3, -0.25) is 0 Å². The summed E-state index contributed by atoms with van der Waals surface area (Å²) in [5.41, 5.74) is 0. The molecule has 32 heavy (non-hydrogen) atoms. The molecule has 2 aromatic rings. The molecule has 176 valence electrons. The Balaban J connectivity index is 1.84. The third-order valence-corrected chi connectivity index (χ3v) is 11.7. The van der Waals surface area contributed by atoms with Gasteiger partial charge in [0, 0.05) is 35.9 Å². The monoisotopic (exact) mass is 478 g/mol. The fraction of sp³-hybridized carbons (Fsp3) is 0.583. The predicted molar refractivity (Wildman–Crippen MR) is 127 cm³/mol. The minimum atomic E-state index is -3.75. The van der Waals surface area contributed by atoms with Gasteiger partial charge in [0.15, 0.2) is 0 Å². The molecule has 0 bridgehead atoms. The lowest BCUT2D eigenvalue weighted by Gasteiger charge is -2.37. The molecular weight excluding hydrogens is 444 g/mol. The minimum absolute atomic E-state index is 0.0911. The summed E-state index contributed by atoms with van der Waals surface area (Å²) >= 11 is 0. The number of piperidine rings is 2. The van der Waals surface area contributed by atoms with E-state index in [1.165, 1.54) is 0 Å². The summed E-state index contributed by atoms with van der Waals surface area (Å²) in [6.07, 6.45) is 3.69. The van der Waals surface area contributed by atoms with Crippen molar-refractivity contribution in [1.29, 1.82) is 0 Å². The van der Waals surface area contributed by atoms with Crippen LogP contribution >= 0.6 is 0 Å². The van der Waals surface area contributed by atoms with Gasteiger partial charge in [-0.15, -0.1) is 0 Å². The summed E-state index contributed by atoms with van der Waals surface area (Å²) in [6.45, 7) is 9.07. The summed E-state index contributed by atoms with van der Waals surface area (Å²) in [6, 6.07) is 9.79. The van der Waals surface area contributed by atoms with Crippen LogP contribution in [0.3, 0.4) is 0 Å². The van der Waals surface area contributed by atoms with E-state index in [9.17, 15) is 16.8 Å². The fourth-order valence-corrected chi connectivity index (χ4v) is 9.18. The van der Waals surface area contributed by atoms with E-state index in [0.29, 0.717) is 23.9 Å². The van der Waals surface area contributed by atoms with Crippen LogP contribution in [0.1, 0.15) is 53.4 Å². The molecule has 0 unspecified atom stereocenters. The van der Waals surface area contributed by atoms with Gasteiger partial charge in [-0.1, -0.05) is 38.1 Å². The van der Waals surface area contributed by atoms with Crippen molar-refractivity contribution in [2.75, 3.05) is 13.1 Å². The second-order valence-electron chi connectivity index (χ2n) is 9.56. The van der Waals surface area contributed by atoms with E-state index in [-0.39, 0.29) is 33.7 Å². The highest BCUT2D eigenvalue weighted by molar-refractivity contribution is 7.89. The number of nitrogens with zero attached hydrogens (tertiary/aromatic N) is 2. The van der Waals surface area contributed by atoms with Crippen molar-refractivity contribution in [3.8, 4) is 0 Å². The average molecular weight is 479 g/mol. The molecule has 0 spiro atoms. The Hall–Kier alpha value is -1.48. The Bertz CT molecular complexity index is 1110. The molecule has 6 nitrogen and oxygen atoms in total. The van der Waals surface area contributed by atoms with Crippen LogP contribution in [0.5, 0.6) is 0 Å². The van der Waals surface area contributed by atoms with Crippen LogP contribution in [0, 0.1) is 11.8 Å². The van der Waals surface area contributed by atoms with Gasteiger partial charge in [0.2, 0.25) is 20.0 Å². The topological polar surface area (TPSA) is 74.8 Å². The first-order valence-electron chi connectivity index (χ1n) is 11.6. The zero-order valence-electron chi connectivity index (χ0n) is 19.4. The molecule has 2 heterocycles. The second kappa shape index (κ2) is 8.70. The van der Waals surface area contributed by atoms with E-state index in [1.807, 2.05) is 13.8 Å². The zero-order valence-corrected chi connectivity index (χ0v) is 21.0.